The molecule has 3 heterocycles. The van der Waals surface area contributed by atoms with Crippen molar-refractivity contribution < 1.29 is 31.4 Å². The minimum atomic E-state index is -4.95. The smallest absolute Gasteiger partial charge is 0.382 e. The fraction of sp³-hybridized carbons (Fsp3) is 0.182. The van der Waals surface area contributed by atoms with Crippen molar-refractivity contribution in [1.82, 2.24) is 19.5 Å². The van der Waals surface area contributed by atoms with Crippen LogP contribution in [0.4, 0.5) is 26.3 Å². The first-order chi connectivity index (χ1) is 15.9. The number of nitrogens with zero attached hydrogens (tertiary/aromatic N) is 4. The van der Waals surface area contributed by atoms with Crippen LogP contribution in [0.25, 0.3) is 33.4 Å². The number of alkyl halides is 6. The Bertz CT molecular complexity index is 1380. The van der Waals surface area contributed by atoms with E-state index in [9.17, 15) is 36.2 Å². The van der Waals surface area contributed by atoms with Gasteiger partial charge in [-0.1, -0.05) is 12.1 Å². The minimum absolute atomic E-state index is 0.0615. The van der Waals surface area contributed by atoms with E-state index in [2.05, 4.69) is 15.0 Å². The Morgan fingerprint density at radius 3 is 2.29 bits per heavy atom. The molecule has 1 N–H and O–H groups in total. The second-order valence-corrected chi connectivity index (χ2v) is 7.33. The monoisotopic (exact) mass is 480 g/mol. The molecule has 0 radical (unpaired) electrons. The summed E-state index contributed by atoms with van der Waals surface area (Å²) in [4.78, 5) is 25.5. The van der Waals surface area contributed by atoms with Crippen LogP contribution in [0.5, 0.6) is 0 Å². The van der Waals surface area contributed by atoms with Crippen LogP contribution >= 0.6 is 0 Å². The van der Waals surface area contributed by atoms with Crippen LogP contribution in [0, 0.1) is 0 Å². The first-order valence-corrected chi connectivity index (χ1v) is 9.68. The van der Waals surface area contributed by atoms with E-state index in [0.29, 0.717) is 10.1 Å². The molecule has 1 atom stereocenters. The normalized spacial score (nSPS) is 13.3. The number of halogens is 6. The van der Waals surface area contributed by atoms with E-state index in [4.69, 9.17) is 0 Å². The molecular formula is C22H14F6N4O2. The summed E-state index contributed by atoms with van der Waals surface area (Å²) in [5.41, 5.74) is -0.754. The van der Waals surface area contributed by atoms with E-state index in [-0.39, 0.29) is 27.9 Å². The molecule has 0 aliphatic carbocycles. The molecule has 0 aliphatic heterocycles. The van der Waals surface area contributed by atoms with Gasteiger partial charge in [-0.25, -0.2) is 9.97 Å². The zero-order chi connectivity index (χ0) is 24.7. The Morgan fingerprint density at radius 2 is 1.71 bits per heavy atom. The molecule has 176 valence electrons. The van der Waals surface area contributed by atoms with Crippen molar-refractivity contribution in [2.24, 2.45) is 0 Å². The van der Waals surface area contributed by atoms with E-state index in [1.165, 1.54) is 30.6 Å². The molecule has 3 aromatic heterocycles. The first kappa shape index (κ1) is 23.4. The van der Waals surface area contributed by atoms with Gasteiger partial charge in [-0.05, 0) is 30.3 Å². The van der Waals surface area contributed by atoms with Gasteiger partial charge in [0.25, 0.3) is 5.56 Å². The van der Waals surface area contributed by atoms with E-state index in [0.717, 1.165) is 18.5 Å². The van der Waals surface area contributed by atoms with Crippen molar-refractivity contribution in [2.75, 3.05) is 0 Å². The highest BCUT2D eigenvalue weighted by Gasteiger charge is 2.38. The molecule has 0 saturated carbocycles. The molecule has 4 rings (SSSR count). The van der Waals surface area contributed by atoms with Crippen molar-refractivity contribution in [3.63, 3.8) is 0 Å². The highest BCUT2D eigenvalue weighted by Crippen LogP contribution is 2.32. The lowest BCUT2D eigenvalue weighted by Crippen LogP contribution is -2.36. The van der Waals surface area contributed by atoms with Gasteiger partial charge in [-0.15, -0.1) is 0 Å². The summed E-state index contributed by atoms with van der Waals surface area (Å²) in [6.45, 7) is -1.08. The number of fused-ring (bicyclic) bond motifs is 1. The quantitative estimate of drug-likeness (QED) is 0.437. The summed E-state index contributed by atoms with van der Waals surface area (Å²) < 4.78 is 77.7. The number of hydrogen-bond donors (Lipinski definition) is 1. The van der Waals surface area contributed by atoms with Crippen molar-refractivity contribution in [3.05, 3.63) is 77.1 Å². The second-order valence-electron chi connectivity index (χ2n) is 7.33. The van der Waals surface area contributed by atoms with Crippen molar-refractivity contribution in [2.45, 2.75) is 25.0 Å². The maximum Gasteiger partial charge on any atom is 0.416 e. The lowest BCUT2D eigenvalue weighted by Gasteiger charge is -2.16. The predicted octanol–water partition coefficient (Wildman–Crippen LogP) is 4.46. The number of aliphatic hydroxyl groups excluding tert-OH is 1. The standard InChI is InChI=1S/C22H14F6N4O2/c23-21(24,25)14-5-3-12(4-6-14)16-8-15-19(18(31-16)13-2-1-7-29-9-13)30-11-32(20(15)34)10-17(33)22(26,27)28/h1-9,11,17,33H,10H2. The first-order valence-electron chi connectivity index (χ1n) is 9.68. The SMILES string of the molecule is O=c1c2cc(-c3ccc(C(F)(F)F)cc3)nc(-c3cccnc3)c2ncn1CC(O)C(F)(F)F. The Morgan fingerprint density at radius 1 is 1.00 bits per heavy atom. The van der Waals surface area contributed by atoms with Crippen LogP contribution in [0.15, 0.2) is 66.0 Å². The van der Waals surface area contributed by atoms with Crippen LogP contribution < -0.4 is 5.56 Å². The largest absolute Gasteiger partial charge is 0.416 e. The topological polar surface area (TPSA) is 80.9 Å². The van der Waals surface area contributed by atoms with Crippen molar-refractivity contribution in [3.8, 4) is 22.5 Å². The fourth-order valence-electron chi connectivity index (χ4n) is 3.27. The molecule has 34 heavy (non-hydrogen) atoms. The number of hydrogen-bond acceptors (Lipinski definition) is 5. The molecule has 0 aliphatic rings. The van der Waals surface area contributed by atoms with Crippen LogP contribution in [-0.4, -0.2) is 36.9 Å². The molecule has 0 amide bonds. The maximum absolute atomic E-state index is 13.0. The summed E-state index contributed by atoms with van der Waals surface area (Å²) in [6.07, 6.45) is -8.49. The molecule has 1 aromatic carbocycles. The third-order valence-electron chi connectivity index (χ3n) is 5.00. The zero-order valence-corrected chi connectivity index (χ0v) is 17.0. The Kier molecular flexibility index (Phi) is 5.86. The van der Waals surface area contributed by atoms with E-state index in [1.807, 2.05) is 0 Å². The molecular weight excluding hydrogens is 466 g/mol. The molecule has 12 heteroatoms. The van der Waals surface area contributed by atoms with Gasteiger partial charge >= 0.3 is 12.4 Å². The summed E-state index contributed by atoms with van der Waals surface area (Å²) in [5, 5.41) is 9.24. The molecule has 0 fully saturated rings. The van der Waals surface area contributed by atoms with Crippen molar-refractivity contribution >= 4 is 10.9 Å². The third kappa shape index (κ3) is 4.62. The average Bonchev–Trinajstić information content (AvgIpc) is 2.80. The molecule has 6 nitrogen and oxygen atoms in total. The summed E-state index contributed by atoms with van der Waals surface area (Å²) in [5.74, 6) is 0. The number of benzene rings is 1. The summed E-state index contributed by atoms with van der Waals surface area (Å²) in [7, 11) is 0. The Balaban J connectivity index is 1.91. The van der Waals surface area contributed by atoms with E-state index >= 15 is 0 Å². The van der Waals surface area contributed by atoms with E-state index < -0.39 is 36.1 Å². The van der Waals surface area contributed by atoms with Crippen LogP contribution in [0.3, 0.4) is 0 Å². The number of rotatable bonds is 4. The molecule has 1 unspecified atom stereocenters. The highest BCUT2D eigenvalue weighted by atomic mass is 19.4. The molecule has 0 bridgehead atoms. The molecule has 0 saturated heterocycles. The average molecular weight is 480 g/mol. The van der Waals surface area contributed by atoms with Crippen LogP contribution in [0.1, 0.15) is 5.56 Å². The van der Waals surface area contributed by atoms with Gasteiger partial charge in [0.15, 0.2) is 6.10 Å². The van der Waals surface area contributed by atoms with Crippen molar-refractivity contribution in [1.29, 1.82) is 0 Å². The lowest BCUT2D eigenvalue weighted by atomic mass is 10.0. The Labute approximate surface area is 187 Å². The summed E-state index contributed by atoms with van der Waals surface area (Å²) in [6, 6.07) is 8.50. The number of pyridine rings is 2. The highest BCUT2D eigenvalue weighted by molar-refractivity contribution is 5.93. The fourth-order valence-corrected chi connectivity index (χ4v) is 3.27. The van der Waals surface area contributed by atoms with Crippen LogP contribution in [-0.2, 0) is 12.7 Å². The molecule has 4 aromatic rings. The summed E-state index contributed by atoms with van der Waals surface area (Å²) >= 11 is 0. The van der Waals surface area contributed by atoms with E-state index in [1.54, 1.807) is 12.1 Å². The second kappa shape index (κ2) is 8.52. The van der Waals surface area contributed by atoms with Gasteiger partial charge in [0.2, 0.25) is 0 Å². The van der Waals surface area contributed by atoms with Gasteiger partial charge < -0.3 is 5.11 Å². The predicted molar refractivity (Wildman–Crippen MR) is 110 cm³/mol. The van der Waals surface area contributed by atoms with Gasteiger partial charge in [0.05, 0.1) is 35.2 Å². The number of aliphatic hydroxyl groups is 1. The van der Waals surface area contributed by atoms with Gasteiger partial charge in [0.1, 0.15) is 5.52 Å². The zero-order valence-electron chi connectivity index (χ0n) is 17.0. The maximum atomic E-state index is 13.0. The molecule has 0 spiro atoms. The Hall–Kier alpha value is -3.80. The van der Waals surface area contributed by atoms with Gasteiger partial charge in [-0.2, -0.15) is 26.3 Å². The minimum Gasteiger partial charge on any atom is -0.382 e. The lowest BCUT2D eigenvalue weighted by molar-refractivity contribution is -0.207. The number of aromatic nitrogens is 4. The third-order valence-corrected chi connectivity index (χ3v) is 5.00. The van der Waals surface area contributed by atoms with Gasteiger partial charge in [-0.3, -0.25) is 14.3 Å². The van der Waals surface area contributed by atoms with Gasteiger partial charge in [0, 0.05) is 23.5 Å². The van der Waals surface area contributed by atoms with Crippen LogP contribution in [0.2, 0.25) is 0 Å².